The minimum absolute atomic E-state index is 0.0187. The van der Waals surface area contributed by atoms with Gasteiger partial charge in [0, 0.05) is 6.42 Å². The van der Waals surface area contributed by atoms with Gasteiger partial charge in [-0.3, -0.25) is 4.79 Å². The summed E-state index contributed by atoms with van der Waals surface area (Å²) >= 11 is 0. The van der Waals surface area contributed by atoms with Crippen LogP contribution in [0.25, 0.3) is 0 Å². The Kier molecular flexibility index (Phi) is 69.1. The zero-order valence-electron chi connectivity index (χ0n) is 53.5. The number of nitrogens with one attached hydrogen (secondary N) is 1. The van der Waals surface area contributed by atoms with Crippen molar-refractivity contribution in [3.8, 4) is 0 Å². The molecule has 0 aliphatic heterocycles. The van der Waals surface area contributed by atoms with E-state index in [-0.39, 0.29) is 12.5 Å². The Morgan fingerprint density at radius 3 is 0.584 bits per heavy atom. The van der Waals surface area contributed by atoms with Crippen molar-refractivity contribution in [3.05, 3.63) is 0 Å². The largest absolute Gasteiger partial charge is 0.394 e. The molecule has 0 spiro atoms. The Balaban J connectivity index is 3.34. The molecular formula is C73H147NO3. The lowest BCUT2D eigenvalue weighted by Crippen LogP contribution is -2.45. The van der Waals surface area contributed by atoms with Gasteiger partial charge >= 0.3 is 0 Å². The quantitative estimate of drug-likeness (QED) is 0.0532. The summed E-state index contributed by atoms with van der Waals surface area (Å²) in [7, 11) is 0. The lowest BCUT2D eigenvalue weighted by atomic mass is 10.0. The molecule has 3 N–H and O–H groups in total. The molecule has 0 rings (SSSR count). The van der Waals surface area contributed by atoms with E-state index >= 15 is 0 Å². The fourth-order valence-corrected chi connectivity index (χ4v) is 12.3. The highest BCUT2D eigenvalue weighted by Crippen LogP contribution is 2.20. The summed E-state index contributed by atoms with van der Waals surface area (Å²) in [6, 6.07) is -0.533. The van der Waals surface area contributed by atoms with Crippen molar-refractivity contribution < 1.29 is 15.0 Å². The Morgan fingerprint density at radius 1 is 0.260 bits per heavy atom. The van der Waals surface area contributed by atoms with Crippen LogP contribution >= 0.6 is 0 Å². The second-order valence-electron chi connectivity index (χ2n) is 25.7. The average molecular weight is 1090 g/mol. The van der Waals surface area contributed by atoms with Crippen molar-refractivity contribution in [2.45, 2.75) is 456 Å². The second-order valence-corrected chi connectivity index (χ2v) is 25.7. The number of aliphatic hydroxyl groups is 2. The maximum atomic E-state index is 12.6. The summed E-state index contributed by atoms with van der Waals surface area (Å²) in [6.07, 6.45) is 91.9. The van der Waals surface area contributed by atoms with E-state index in [1.807, 2.05) is 0 Å². The van der Waals surface area contributed by atoms with E-state index in [4.69, 9.17) is 0 Å². The van der Waals surface area contributed by atoms with Crippen molar-refractivity contribution >= 4 is 5.91 Å². The summed E-state index contributed by atoms with van der Waals surface area (Å²) in [5.74, 6) is -0.0187. The molecule has 0 radical (unpaired) electrons. The molecule has 0 saturated carbocycles. The highest BCUT2D eigenvalue weighted by Gasteiger charge is 2.20. The van der Waals surface area contributed by atoms with Gasteiger partial charge in [-0.2, -0.15) is 0 Å². The van der Waals surface area contributed by atoms with Crippen LogP contribution in [-0.4, -0.2) is 34.9 Å². The van der Waals surface area contributed by atoms with Crippen molar-refractivity contribution in [2.75, 3.05) is 6.61 Å². The molecule has 0 heterocycles. The first kappa shape index (κ1) is 76.4. The molecule has 462 valence electrons. The lowest BCUT2D eigenvalue weighted by molar-refractivity contribution is -0.123. The van der Waals surface area contributed by atoms with Crippen molar-refractivity contribution in [1.82, 2.24) is 5.32 Å². The van der Waals surface area contributed by atoms with Gasteiger partial charge in [0.25, 0.3) is 0 Å². The first-order valence-corrected chi connectivity index (χ1v) is 36.7. The van der Waals surface area contributed by atoms with Crippen LogP contribution in [0.5, 0.6) is 0 Å². The van der Waals surface area contributed by atoms with Gasteiger partial charge in [0.05, 0.1) is 18.8 Å². The van der Waals surface area contributed by atoms with Crippen LogP contribution < -0.4 is 5.32 Å². The normalized spacial score (nSPS) is 12.5. The van der Waals surface area contributed by atoms with Crippen LogP contribution in [0, 0.1) is 0 Å². The minimum Gasteiger partial charge on any atom is -0.394 e. The lowest BCUT2D eigenvalue weighted by Gasteiger charge is -2.22. The molecule has 2 atom stereocenters. The number of carbonyl (C=O) groups is 1. The Morgan fingerprint density at radius 2 is 0.416 bits per heavy atom. The van der Waals surface area contributed by atoms with Gasteiger partial charge in [-0.05, 0) is 12.8 Å². The number of aliphatic hydroxyl groups excluding tert-OH is 2. The third kappa shape index (κ3) is 66.1. The number of hydrogen-bond donors (Lipinski definition) is 3. The Bertz CT molecular complexity index is 1050. The maximum absolute atomic E-state index is 12.6. The molecule has 1 amide bonds. The topological polar surface area (TPSA) is 69.6 Å². The monoisotopic (exact) mass is 1090 g/mol. The predicted octanol–water partition coefficient (Wildman–Crippen LogP) is 25.0. The number of rotatable bonds is 70. The zero-order chi connectivity index (χ0) is 55.5. The zero-order valence-corrected chi connectivity index (χ0v) is 53.5. The standard InChI is InChI=1S/C73H147NO3/c1-3-5-7-9-11-13-15-17-19-21-23-25-27-29-31-33-34-35-36-37-38-39-41-43-45-47-49-51-53-55-57-59-61-63-65-67-69-73(77)74-71(70-75)72(76)68-66-64-62-60-58-56-54-52-50-48-46-44-42-40-32-30-28-26-24-22-20-18-16-14-12-10-8-6-4-2/h71-72,75-76H,3-70H2,1-2H3,(H,74,77). The first-order valence-electron chi connectivity index (χ1n) is 36.7. The summed E-state index contributed by atoms with van der Waals surface area (Å²) in [4.78, 5) is 12.6. The van der Waals surface area contributed by atoms with Gasteiger partial charge in [0.15, 0.2) is 0 Å². The fraction of sp³-hybridized carbons (Fsp3) is 0.986. The summed E-state index contributed by atoms with van der Waals surface area (Å²) < 4.78 is 0. The molecule has 0 aliphatic rings. The van der Waals surface area contributed by atoms with Crippen molar-refractivity contribution in [1.29, 1.82) is 0 Å². The van der Waals surface area contributed by atoms with E-state index in [0.717, 1.165) is 25.7 Å². The smallest absolute Gasteiger partial charge is 0.220 e. The number of carbonyl (C=O) groups excluding carboxylic acids is 1. The Hall–Kier alpha value is -0.610. The molecule has 0 bridgehead atoms. The molecule has 0 aliphatic carbocycles. The highest BCUT2D eigenvalue weighted by atomic mass is 16.3. The van der Waals surface area contributed by atoms with Crippen molar-refractivity contribution in [2.24, 2.45) is 0 Å². The third-order valence-corrected chi connectivity index (χ3v) is 17.9. The predicted molar refractivity (Wildman–Crippen MR) is 346 cm³/mol. The average Bonchev–Trinajstić information content (AvgIpc) is 3.43. The molecule has 0 aromatic rings. The molecule has 0 aromatic heterocycles. The highest BCUT2D eigenvalue weighted by molar-refractivity contribution is 5.76. The van der Waals surface area contributed by atoms with Gasteiger partial charge in [0.1, 0.15) is 0 Å². The van der Waals surface area contributed by atoms with Gasteiger partial charge in [-0.25, -0.2) is 0 Å². The molecule has 2 unspecified atom stereocenters. The second kappa shape index (κ2) is 69.7. The first-order chi connectivity index (χ1) is 38.2. The SMILES string of the molecule is CCCCCCCCCCCCCCCCCCCCCCCCCCCCCCCCCCCCCCC(=O)NC(CO)C(O)CCCCCCCCCCCCCCCCCCCCCCCCCCCCCCC. The summed E-state index contributed by atoms with van der Waals surface area (Å²) in [5, 5.41) is 23.5. The maximum Gasteiger partial charge on any atom is 0.220 e. The van der Waals surface area contributed by atoms with Crippen LogP contribution in [0.1, 0.15) is 444 Å². The number of amides is 1. The van der Waals surface area contributed by atoms with E-state index in [0.29, 0.717) is 12.8 Å². The summed E-state index contributed by atoms with van der Waals surface area (Å²) in [5.41, 5.74) is 0. The molecular weight excluding hydrogens is 939 g/mol. The van der Waals surface area contributed by atoms with Crippen molar-refractivity contribution in [3.63, 3.8) is 0 Å². The molecule has 77 heavy (non-hydrogen) atoms. The van der Waals surface area contributed by atoms with Crippen LogP contribution in [0.2, 0.25) is 0 Å². The van der Waals surface area contributed by atoms with Gasteiger partial charge in [-0.15, -0.1) is 0 Å². The van der Waals surface area contributed by atoms with E-state index in [2.05, 4.69) is 19.2 Å². The van der Waals surface area contributed by atoms with Crippen LogP contribution in [0.15, 0.2) is 0 Å². The third-order valence-electron chi connectivity index (χ3n) is 17.9. The van der Waals surface area contributed by atoms with Gasteiger partial charge in [-0.1, -0.05) is 425 Å². The minimum atomic E-state index is -0.657. The molecule has 0 saturated heterocycles. The van der Waals surface area contributed by atoms with Crippen LogP contribution in [0.3, 0.4) is 0 Å². The molecule has 0 aromatic carbocycles. The van der Waals surface area contributed by atoms with E-state index in [9.17, 15) is 15.0 Å². The fourth-order valence-electron chi connectivity index (χ4n) is 12.3. The van der Waals surface area contributed by atoms with E-state index in [1.54, 1.807) is 0 Å². The number of hydrogen-bond acceptors (Lipinski definition) is 3. The number of unbranched alkanes of at least 4 members (excludes halogenated alkanes) is 63. The molecule has 4 nitrogen and oxygen atoms in total. The van der Waals surface area contributed by atoms with Gasteiger partial charge < -0.3 is 15.5 Å². The van der Waals surface area contributed by atoms with E-state index in [1.165, 1.54) is 392 Å². The van der Waals surface area contributed by atoms with Crippen LogP contribution in [0.4, 0.5) is 0 Å². The van der Waals surface area contributed by atoms with Gasteiger partial charge in [0.2, 0.25) is 5.91 Å². The molecule has 4 heteroatoms. The Labute approximate surface area is 486 Å². The van der Waals surface area contributed by atoms with Crippen LogP contribution in [-0.2, 0) is 4.79 Å². The summed E-state index contributed by atoms with van der Waals surface area (Å²) in [6.45, 7) is 4.42. The van der Waals surface area contributed by atoms with E-state index < -0.39 is 12.1 Å². The molecule has 0 fully saturated rings.